The molecule has 2 aliphatic heterocycles. The Labute approximate surface area is 192 Å². The number of hydrogen-bond acceptors (Lipinski definition) is 6. The summed E-state index contributed by atoms with van der Waals surface area (Å²) in [5.41, 5.74) is 0.910. The molecule has 0 saturated carbocycles. The average Bonchev–Trinajstić information content (AvgIpc) is 3.00. The largest absolute Gasteiger partial charge is 0.355 e. The highest BCUT2D eigenvalue weighted by atomic mass is 32.2. The van der Waals surface area contributed by atoms with Crippen molar-refractivity contribution in [3.63, 3.8) is 0 Å². The van der Waals surface area contributed by atoms with Gasteiger partial charge in [-0.15, -0.1) is 0 Å². The van der Waals surface area contributed by atoms with Gasteiger partial charge in [0.15, 0.2) is 0 Å². The van der Waals surface area contributed by atoms with Crippen LogP contribution < -0.4 is 10.5 Å². The van der Waals surface area contributed by atoms with E-state index in [1.165, 1.54) is 11.8 Å². The van der Waals surface area contributed by atoms with Crippen LogP contribution in [0.4, 0.5) is 5.82 Å². The second-order valence-corrected chi connectivity index (χ2v) is 10.3. The lowest BCUT2D eigenvalue weighted by molar-refractivity contribution is -0.122. The SMILES string of the molecule is CCCCN1C(=O)/C(=C/c2c(N3C[C@H](C)C[C@H](C)C3)nc3ccccn3c2=O)SC1=S. The van der Waals surface area contributed by atoms with Crippen molar-refractivity contribution in [3.8, 4) is 0 Å². The number of carbonyl (C=O) groups excluding carboxylic acids is 1. The Kier molecular flexibility index (Phi) is 6.48. The number of fused-ring (bicyclic) bond motifs is 1. The molecule has 2 atom stereocenters. The van der Waals surface area contributed by atoms with E-state index in [0.29, 0.717) is 44.6 Å². The van der Waals surface area contributed by atoms with E-state index < -0.39 is 0 Å². The Morgan fingerprint density at radius 1 is 1.23 bits per heavy atom. The van der Waals surface area contributed by atoms with E-state index in [4.69, 9.17) is 17.2 Å². The van der Waals surface area contributed by atoms with E-state index in [1.807, 2.05) is 18.2 Å². The summed E-state index contributed by atoms with van der Waals surface area (Å²) < 4.78 is 2.10. The molecule has 4 heterocycles. The van der Waals surface area contributed by atoms with Crippen LogP contribution in [0, 0.1) is 11.8 Å². The van der Waals surface area contributed by atoms with Gasteiger partial charge in [0.05, 0.1) is 10.5 Å². The van der Waals surface area contributed by atoms with E-state index in [1.54, 1.807) is 21.6 Å². The number of nitrogens with zero attached hydrogens (tertiary/aromatic N) is 4. The number of carbonyl (C=O) groups is 1. The lowest BCUT2D eigenvalue weighted by atomic mass is 9.91. The maximum atomic E-state index is 13.5. The lowest BCUT2D eigenvalue weighted by Gasteiger charge is -2.36. The Morgan fingerprint density at radius 3 is 2.68 bits per heavy atom. The second-order valence-electron chi connectivity index (χ2n) is 8.62. The third-order valence-corrected chi connectivity index (χ3v) is 7.18. The van der Waals surface area contributed by atoms with Crippen LogP contribution in [-0.2, 0) is 4.79 Å². The molecule has 31 heavy (non-hydrogen) atoms. The van der Waals surface area contributed by atoms with Crippen LogP contribution in [0.2, 0.25) is 0 Å². The highest BCUT2D eigenvalue weighted by molar-refractivity contribution is 8.26. The fraction of sp³-hybridized carbons (Fsp3) is 0.478. The molecule has 0 N–H and O–H groups in total. The van der Waals surface area contributed by atoms with Gasteiger partial charge in [-0.2, -0.15) is 0 Å². The second kappa shape index (κ2) is 9.12. The molecule has 2 aliphatic rings. The van der Waals surface area contributed by atoms with Crippen LogP contribution in [0.1, 0.15) is 45.6 Å². The van der Waals surface area contributed by atoms with E-state index >= 15 is 0 Å². The van der Waals surface area contributed by atoms with Gasteiger partial charge < -0.3 is 4.90 Å². The van der Waals surface area contributed by atoms with Crippen LogP contribution in [0.25, 0.3) is 11.7 Å². The number of pyridine rings is 1. The Morgan fingerprint density at radius 2 is 1.97 bits per heavy atom. The maximum Gasteiger partial charge on any atom is 0.267 e. The third kappa shape index (κ3) is 4.41. The van der Waals surface area contributed by atoms with Crippen molar-refractivity contribution in [3.05, 3.63) is 45.2 Å². The molecule has 8 heteroatoms. The van der Waals surface area contributed by atoms with Gasteiger partial charge in [-0.25, -0.2) is 4.98 Å². The molecular weight excluding hydrogens is 428 g/mol. The number of thioether (sulfide) groups is 1. The first-order chi connectivity index (χ1) is 14.9. The molecule has 1 amide bonds. The first-order valence-corrected chi connectivity index (χ1v) is 12.1. The summed E-state index contributed by atoms with van der Waals surface area (Å²) in [6.07, 6.45) is 6.48. The zero-order chi connectivity index (χ0) is 22.1. The molecule has 0 unspecified atom stereocenters. The highest BCUT2D eigenvalue weighted by Gasteiger charge is 2.33. The number of rotatable bonds is 5. The summed E-state index contributed by atoms with van der Waals surface area (Å²) >= 11 is 6.71. The quantitative estimate of drug-likeness (QED) is 0.497. The molecule has 2 fully saturated rings. The number of unbranched alkanes of at least 4 members (excludes halogenated alkanes) is 1. The van der Waals surface area contributed by atoms with Gasteiger partial charge in [0.1, 0.15) is 15.8 Å². The highest BCUT2D eigenvalue weighted by Crippen LogP contribution is 2.34. The summed E-state index contributed by atoms with van der Waals surface area (Å²) in [4.78, 5) is 35.7. The van der Waals surface area contributed by atoms with Crippen LogP contribution in [-0.4, -0.2) is 44.1 Å². The van der Waals surface area contributed by atoms with Gasteiger partial charge in [0.2, 0.25) is 0 Å². The number of aromatic nitrogens is 2. The number of amides is 1. The van der Waals surface area contributed by atoms with E-state index in [2.05, 4.69) is 25.7 Å². The molecular formula is C23H28N4O2S2. The molecule has 0 radical (unpaired) electrons. The Hall–Kier alpha value is -2.19. The topological polar surface area (TPSA) is 57.9 Å². The molecule has 0 spiro atoms. The van der Waals surface area contributed by atoms with Crippen LogP contribution in [0.15, 0.2) is 34.1 Å². The van der Waals surface area contributed by atoms with Gasteiger partial charge in [-0.3, -0.25) is 18.9 Å². The number of thiocarbonyl (C=S) groups is 1. The van der Waals surface area contributed by atoms with Crippen molar-refractivity contribution < 1.29 is 4.79 Å². The molecule has 2 saturated heterocycles. The standard InChI is InChI=1S/C23H28N4O2S2/c1-4-5-9-27-22(29)18(31-23(27)30)12-17-20(25-13-15(2)11-16(3)14-25)24-19-8-6-7-10-26(19)21(17)28/h6-8,10,12,15-16H,4-5,9,11,13-14H2,1-3H3/b18-12-/t15-,16+. The smallest absolute Gasteiger partial charge is 0.267 e. The number of anilines is 1. The summed E-state index contributed by atoms with van der Waals surface area (Å²) in [6.45, 7) is 8.85. The van der Waals surface area contributed by atoms with Crippen molar-refractivity contribution >= 4 is 51.7 Å². The van der Waals surface area contributed by atoms with E-state index in [9.17, 15) is 9.59 Å². The van der Waals surface area contributed by atoms with Gasteiger partial charge in [-0.05, 0) is 42.9 Å². The normalized spacial score (nSPS) is 23.4. The lowest BCUT2D eigenvalue weighted by Crippen LogP contribution is -2.40. The average molecular weight is 457 g/mol. The van der Waals surface area contributed by atoms with E-state index in [0.717, 1.165) is 32.4 Å². The summed E-state index contributed by atoms with van der Waals surface area (Å²) in [5, 5.41) is 0. The molecule has 0 bridgehead atoms. The number of hydrogen-bond donors (Lipinski definition) is 0. The summed E-state index contributed by atoms with van der Waals surface area (Å²) in [5.74, 6) is 1.57. The van der Waals surface area contributed by atoms with Crippen molar-refractivity contribution in [2.75, 3.05) is 24.5 Å². The fourth-order valence-corrected chi connectivity index (χ4v) is 5.72. The Balaban J connectivity index is 1.82. The van der Waals surface area contributed by atoms with Gasteiger partial charge >= 0.3 is 0 Å². The van der Waals surface area contributed by atoms with Crippen molar-refractivity contribution in [2.45, 2.75) is 40.0 Å². The molecule has 0 aromatic carbocycles. The first kappa shape index (κ1) is 22.0. The fourth-order valence-electron chi connectivity index (χ4n) is 4.43. The van der Waals surface area contributed by atoms with Gasteiger partial charge in [-0.1, -0.05) is 57.2 Å². The zero-order valence-corrected chi connectivity index (χ0v) is 19.8. The molecule has 0 aliphatic carbocycles. The minimum Gasteiger partial charge on any atom is -0.355 e. The van der Waals surface area contributed by atoms with Crippen LogP contribution >= 0.6 is 24.0 Å². The van der Waals surface area contributed by atoms with Gasteiger partial charge in [0.25, 0.3) is 11.5 Å². The van der Waals surface area contributed by atoms with E-state index in [-0.39, 0.29) is 11.5 Å². The number of piperidine rings is 1. The van der Waals surface area contributed by atoms with Crippen molar-refractivity contribution in [2.24, 2.45) is 11.8 Å². The molecule has 6 nitrogen and oxygen atoms in total. The van der Waals surface area contributed by atoms with Crippen molar-refractivity contribution in [1.29, 1.82) is 0 Å². The summed E-state index contributed by atoms with van der Waals surface area (Å²) in [7, 11) is 0. The molecule has 4 rings (SSSR count). The minimum atomic E-state index is -0.162. The third-order valence-electron chi connectivity index (χ3n) is 5.80. The van der Waals surface area contributed by atoms with Crippen molar-refractivity contribution in [1.82, 2.24) is 14.3 Å². The predicted molar refractivity (Wildman–Crippen MR) is 131 cm³/mol. The molecule has 2 aromatic rings. The molecule has 2 aromatic heterocycles. The Bertz CT molecular complexity index is 1100. The van der Waals surface area contributed by atoms with Gasteiger partial charge in [0, 0.05) is 25.8 Å². The maximum absolute atomic E-state index is 13.5. The zero-order valence-electron chi connectivity index (χ0n) is 18.2. The summed E-state index contributed by atoms with van der Waals surface area (Å²) in [6, 6.07) is 5.54. The van der Waals surface area contributed by atoms with Crippen LogP contribution in [0.5, 0.6) is 0 Å². The monoisotopic (exact) mass is 456 g/mol. The molecule has 164 valence electrons. The van der Waals surface area contributed by atoms with Crippen LogP contribution in [0.3, 0.4) is 0 Å². The first-order valence-electron chi connectivity index (χ1n) is 10.9. The minimum absolute atomic E-state index is 0.118. The predicted octanol–water partition coefficient (Wildman–Crippen LogP) is 4.18.